The number of benzene rings is 1. The highest BCUT2D eigenvalue weighted by atomic mass is 35.5. The number of halogens is 1. The van der Waals surface area contributed by atoms with Crippen LogP contribution in [-0.4, -0.2) is 43.8 Å². The van der Waals surface area contributed by atoms with Crippen LogP contribution in [0.1, 0.15) is 74.1 Å². The molecule has 242 valence electrons. The van der Waals surface area contributed by atoms with Crippen LogP contribution in [0.4, 0.5) is 0 Å². The van der Waals surface area contributed by atoms with Gasteiger partial charge in [-0.05, 0) is 98.7 Å². The van der Waals surface area contributed by atoms with Crippen LogP contribution in [0.2, 0.25) is 0 Å². The predicted molar refractivity (Wildman–Crippen MR) is 188 cm³/mol. The molecule has 1 aromatic carbocycles. The lowest BCUT2D eigenvalue weighted by molar-refractivity contribution is 0.0587. The second-order valence-electron chi connectivity index (χ2n) is 11.8. The Kier molecular flexibility index (Phi) is 10.1. The highest BCUT2D eigenvalue weighted by molar-refractivity contribution is 7.98. The fourth-order valence-electron chi connectivity index (χ4n) is 6.24. The molecule has 0 amide bonds. The number of hydrogen-bond donors (Lipinski definition) is 0. The zero-order chi connectivity index (χ0) is 32.4. The number of aromatic nitrogens is 5. The number of fused-ring (bicyclic) bond motifs is 8. The summed E-state index contributed by atoms with van der Waals surface area (Å²) in [5, 5.41) is 10.2. The number of ether oxygens (including phenoxy) is 2. The number of carbonyl (C=O) groups excluding carboxylic acids is 1. The standard InChI is InChI=1S/C35H40ClN5O3S2/c1-22-14-27-11-10-25(36)16-31-23(2)39(3)38-32(31)21-45-19-26-17-28(40(4)37-26)20-46-33-18-29(15-24-8-6-9-30(24)33)44-13-7-12-41(27)34(22)35(42)43-5/h10-11,14-18H,6-9,12-13,19-21H2,1-5H3/b11-10?,25-16-. The third-order valence-electron chi connectivity index (χ3n) is 8.68. The minimum Gasteiger partial charge on any atom is -0.493 e. The van der Waals surface area contributed by atoms with Crippen molar-refractivity contribution in [1.82, 2.24) is 24.1 Å². The number of methoxy groups -OCH3 is 1. The van der Waals surface area contributed by atoms with Gasteiger partial charge in [0.15, 0.2) is 0 Å². The van der Waals surface area contributed by atoms with Crippen molar-refractivity contribution in [3.63, 3.8) is 0 Å². The van der Waals surface area contributed by atoms with Gasteiger partial charge in [0.05, 0.1) is 25.1 Å². The third-order valence-corrected chi connectivity index (χ3v) is 11.0. The Bertz CT molecular complexity index is 1830. The Hall–Kier alpha value is -3.34. The summed E-state index contributed by atoms with van der Waals surface area (Å²) in [6, 6.07) is 8.64. The molecule has 4 aromatic rings. The first kappa shape index (κ1) is 32.6. The van der Waals surface area contributed by atoms with Gasteiger partial charge in [0.25, 0.3) is 0 Å². The molecule has 0 atom stereocenters. The van der Waals surface area contributed by atoms with Gasteiger partial charge in [-0.2, -0.15) is 10.2 Å². The van der Waals surface area contributed by atoms with Crippen molar-refractivity contribution in [1.29, 1.82) is 0 Å². The van der Waals surface area contributed by atoms with Gasteiger partial charge in [0.2, 0.25) is 0 Å². The summed E-state index contributed by atoms with van der Waals surface area (Å²) >= 11 is 10.5. The van der Waals surface area contributed by atoms with E-state index in [1.54, 1.807) is 11.8 Å². The molecule has 0 saturated carbocycles. The van der Waals surface area contributed by atoms with Gasteiger partial charge >= 0.3 is 5.97 Å². The van der Waals surface area contributed by atoms with E-state index in [9.17, 15) is 4.79 Å². The Labute approximate surface area is 284 Å². The smallest absolute Gasteiger partial charge is 0.354 e. The van der Waals surface area contributed by atoms with Crippen LogP contribution in [0, 0.1) is 13.8 Å². The molecule has 1 aliphatic heterocycles. The van der Waals surface area contributed by atoms with Crippen LogP contribution >= 0.6 is 35.1 Å². The van der Waals surface area contributed by atoms with E-state index < -0.39 is 0 Å². The van der Waals surface area contributed by atoms with Crippen LogP contribution in [0.15, 0.2) is 40.3 Å². The van der Waals surface area contributed by atoms with Gasteiger partial charge in [-0.3, -0.25) is 9.36 Å². The second kappa shape index (κ2) is 14.2. The first-order valence-electron chi connectivity index (χ1n) is 15.6. The monoisotopic (exact) mass is 677 g/mol. The highest BCUT2D eigenvalue weighted by Gasteiger charge is 2.21. The minimum atomic E-state index is -0.356. The zero-order valence-corrected chi connectivity index (χ0v) is 29.4. The summed E-state index contributed by atoms with van der Waals surface area (Å²) in [7, 11) is 5.41. The number of esters is 1. The summed E-state index contributed by atoms with van der Waals surface area (Å²) in [5.74, 6) is 2.93. The molecule has 2 aliphatic rings. The number of thioether (sulfide) groups is 2. The number of hydrogen-bond acceptors (Lipinski definition) is 7. The van der Waals surface area contributed by atoms with Crippen molar-refractivity contribution in [2.45, 2.75) is 68.2 Å². The van der Waals surface area contributed by atoms with Crippen LogP contribution in [0.25, 0.3) is 12.2 Å². The molecule has 11 heteroatoms. The molecule has 0 unspecified atom stereocenters. The first-order chi connectivity index (χ1) is 22.2. The van der Waals surface area contributed by atoms with Crippen molar-refractivity contribution in [2.75, 3.05) is 13.7 Å². The first-order valence-corrected chi connectivity index (χ1v) is 18.1. The van der Waals surface area contributed by atoms with Gasteiger partial charge in [-0.15, -0.1) is 23.5 Å². The Morgan fingerprint density at radius 2 is 1.85 bits per heavy atom. The molecule has 0 fully saturated rings. The van der Waals surface area contributed by atoms with E-state index >= 15 is 0 Å². The number of carbonyl (C=O) groups is 1. The van der Waals surface area contributed by atoms with E-state index in [1.807, 2.05) is 71.0 Å². The molecular formula is C35H40ClN5O3S2. The van der Waals surface area contributed by atoms with Crippen molar-refractivity contribution < 1.29 is 14.3 Å². The largest absolute Gasteiger partial charge is 0.493 e. The van der Waals surface area contributed by atoms with Crippen molar-refractivity contribution in [2.24, 2.45) is 14.1 Å². The molecule has 6 rings (SSSR count). The Morgan fingerprint density at radius 1 is 1.00 bits per heavy atom. The van der Waals surface area contributed by atoms with E-state index in [-0.39, 0.29) is 5.97 Å². The van der Waals surface area contributed by atoms with E-state index in [0.29, 0.717) is 23.9 Å². The summed E-state index contributed by atoms with van der Waals surface area (Å²) in [6.07, 6.45) is 9.90. The number of allylic oxidation sites excluding steroid dienone is 2. The third kappa shape index (κ3) is 6.99. The van der Waals surface area contributed by atoms with Gasteiger partial charge in [-0.1, -0.05) is 11.6 Å². The number of nitrogens with zero attached hydrogens (tertiary/aromatic N) is 5. The minimum absolute atomic E-state index is 0.356. The second-order valence-corrected chi connectivity index (χ2v) is 14.3. The molecular weight excluding hydrogens is 638 g/mol. The number of aryl methyl sites for hydroxylation is 4. The molecule has 3 aromatic heterocycles. The summed E-state index contributed by atoms with van der Waals surface area (Å²) in [4.78, 5) is 14.1. The van der Waals surface area contributed by atoms with Crippen LogP contribution < -0.4 is 4.74 Å². The highest BCUT2D eigenvalue weighted by Crippen LogP contribution is 2.37. The average molecular weight is 678 g/mol. The molecule has 4 heterocycles. The lowest BCUT2D eigenvalue weighted by atomic mass is 10.1. The van der Waals surface area contributed by atoms with Crippen LogP contribution in [0.3, 0.4) is 0 Å². The summed E-state index contributed by atoms with van der Waals surface area (Å²) < 4.78 is 17.4. The normalized spacial score (nSPS) is 17.0. The van der Waals surface area contributed by atoms with E-state index in [4.69, 9.17) is 31.3 Å². The van der Waals surface area contributed by atoms with Crippen LogP contribution in [-0.2, 0) is 55.5 Å². The van der Waals surface area contributed by atoms with Gasteiger partial charge < -0.3 is 14.0 Å². The maximum absolute atomic E-state index is 12.8. The molecule has 0 saturated heterocycles. The maximum atomic E-state index is 12.8. The van der Waals surface area contributed by atoms with Crippen molar-refractivity contribution in [3.8, 4) is 5.75 Å². The van der Waals surface area contributed by atoms with Gasteiger partial charge in [0, 0.05) is 70.5 Å². The molecule has 8 nitrogen and oxygen atoms in total. The van der Waals surface area contributed by atoms with Crippen molar-refractivity contribution in [3.05, 3.63) is 91.8 Å². The zero-order valence-electron chi connectivity index (χ0n) is 27.1. The molecule has 0 spiro atoms. The fraction of sp³-hybridized carbons (Fsp3) is 0.400. The SMILES string of the molecule is COC(=O)c1c(C)cc2n1CCCOc1cc3c(c(c1)SCc1cc(nn1C)CSCc1nn(C)c(C)c1/C=C(\Cl)C=C2)CCC3. The molecule has 0 radical (unpaired) electrons. The number of rotatable bonds is 1. The average Bonchev–Trinajstić information content (AvgIpc) is 3.79. The Morgan fingerprint density at radius 3 is 2.67 bits per heavy atom. The molecule has 0 N–H and O–H groups in total. The fourth-order valence-corrected chi connectivity index (χ4v) is 8.45. The van der Waals surface area contributed by atoms with Crippen molar-refractivity contribution >= 4 is 53.2 Å². The molecule has 46 heavy (non-hydrogen) atoms. The van der Waals surface area contributed by atoms with E-state index in [0.717, 1.165) is 76.2 Å². The van der Waals surface area contributed by atoms with Crippen LogP contribution in [0.5, 0.6) is 5.75 Å². The topological polar surface area (TPSA) is 76.1 Å². The Balaban J connectivity index is 1.34. The maximum Gasteiger partial charge on any atom is 0.354 e. The lowest BCUT2D eigenvalue weighted by Gasteiger charge is -2.14. The quantitative estimate of drug-likeness (QED) is 0.192. The van der Waals surface area contributed by atoms with E-state index in [2.05, 4.69) is 25.1 Å². The van der Waals surface area contributed by atoms with Gasteiger partial charge in [-0.25, -0.2) is 4.79 Å². The summed E-state index contributed by atoms with van der Waals surface area (Å²) in [5.41, 5.74) is 10.5. The molecule has 4 bridgehead atoms. The summed E-state index contributed by atoms with van der Waals surface area (Å²) in [6.45, 7) is 5.11. The predicted octanol–water partition coefficient (Wildman–Crippen LogP) is 7.65. The van der Waals surface area contributed by atoms with Gasteiger partial charge in [0.1, 0.15) is 11.4 Å². The lowest BCUT2D eigenvalue weighted by Crippen LogP contribution is -2.14. The van der Waals surface area contributed by atoms with E-state index in [1.165, 1.54) is 35.2 Å². The molecule has 1 aliphatic carbocycles.